The number of aromatic nitrogens is 2. The smallest absolute Gasteiger partial charge is 0.319 e. The first-order chi connectivity index (χ1) is 9.28. The maximum absolute atomic E-state index is 11.6. The first-order valence-electron chi connectivity index (χ1n) is 5.81. The second kappa shape index (κ2) is 6.21. The molecule has 0 bridgehead atoms. The molecule has 0 saturated carbocycles. The van der Waals surface area contributed by atoms with Gasteiger partial charge in [-0.05, 0) is 18.2 Å². The zero-order valence-corrected chi connectivity index (χ0v) is 10.2. The number of nitrogens with one attached hydrogen (secondary N) is 3. The number of urea groups is 1. The Labute approximate surface area is 110 Å². The van der Waals surface area contributed by atoms with Crippen LogP contribution in [0.2, 0.25) is 0 Å². The molecule has 2 aromatic rings. The molecule has 2 amide bonds. The molecule has 0 aliphatic heterocycles. The van der Waals surface area contributed by atoms with Gasteiger partial charge in [0.15, 0.2) is 0 Å². The molecule has 96 valence electrons. The number of carbonyl (C=O) groups is 1. The van der Waals surface area contributed by atoms with E-state index in [0.29, 0.717) is 24.2 Å². The fourth-order valence-corrected chi connectivity index (χ4v) is 1.57. The lowest BCUT2D eigenvalue weighted by molar-refractivity contribution is 0.252. The van der Waals surface area contributed by atoms with E-state index < -0.39 is 0 Å². The maximum Gasteiger partial charge on any atom is 0.319 e. The summed E-state index contributed by atoms with van der Waals surface area (Å²) in [5, 5.41) is 14.1. The average molecular weight is 255 g/mol. The van der Waals surface area contributed by atoms with Gasteiger partial charge in [0, 0.05) is 31.0 Å². The van der Waals surface area contributed by atoms with Crippen molar-refractivity contribution < 1.29 is 4.79 Å². The maximum atomic E-state index is 11.6. The van der Waals surface area contributed by atoms with Crippen molar-refractivity contribution in [2.45, 2.75) is 6.42 Å². The van der Waals surface area contributed by atoms with E-state index in [9.17, 15) is 4.79 Å². The standard InChI is InChI=1S/C13H13N5O/c14-9-10-2-1-3-11(8-10)18-13(19)17-5-4-12-15-6-7-16-12/h1-3,6-8H,4-5H2,(H,15,16)(H2,17,18,19). The van der Waals surface area contributed by atoms with Gasteiger partial charge in [0.25, 0.3) is 0 Å². The highest BCUT2D eigenvalue weighted by Crippen LogP contribution is 2.09. The van der Waals surface area contributed by atoms with E-state index in [4.69, 9.17) is 5.26 Å². The summed E-state index contributed by atoms with van der Waals surface area (Å²) in [6.45, 7) is 0.483. The SMILES string of the molecule is N#Cc1cccc(NC(=O)NCCc2ncc[nH]2)c1. The molecule has 3 N–H and O–H groups in total. The first kappa shape index (κ1) is 12.6. The van der Waals surface area contributed by atoms with Crippen LogP contribution in [-0.2, 0) is 6.42 Å². The molecule has 6 nitrogen and oxygen atoms in total. The normalized spacial score (nSPS) is 9.63. The van der Waals surface area contributed by atoms with Gasteiger partial charge >= 0.3 is 6.03 Å². The molecule has 0 spiro atoms. The van der Waals surface area contributed by atoms with E-state index in [1.165, 1.54) is 0 Å². The average Bonchev–Trinajstić information content (AvgIpc) is 2.92. The van der Waals surface area contributed by atoms with Crippen molar-refractivity contribution in [2.24, 2.45) is 0 Å². The number of imidazole rings is 1. The minimum atomic E-state index is -0.304. The topological polar surface area (TPSA) is 93.6 Å². The van der Waals surface area contributed by atoms with Crippen LogP contribution in [-0.4, -0.2) is 22.5 Å². The molecule has 0 saturated heterocycles. The Bertz CT molecular complexity index is 585. The number of hydrogen-bond acceptors (Lipinski definition) is 3. The molecular formula is C13H13N5O. The molecule has 6 heteroatoms. The molecule has 0 radical (unpaired) electrons. The minimum absolute atomic E-state index is 0.304. The fourth-order valence-electron chi connectivity index (χ4n) is 1.57. The molecule has 1 heterocycles. The summed E-state index contributed by atoms with van der Waals surface area (Å²) in [7, 11) is 0. The summed E-state index contributed by atoms with van der Waals surface area (Å²) < 4.78 is 0. The van der Waals surface area contributed by atoms with E-state index in [-0.39, 0.29) is 6.03 Å². The van der Waals surface area contributed by atoms with E-state index in [1.807, 2.05) is 6.07 Å². The van der Waals surface area contributed by atoms with Crippen LogP contribution in [0.1, 0.15) is 11.4 Å². The molecular weight excluding hydrogens is 242 g/mol. The molecule has 0 atom stereocenters. The number of nitriles is 1. The molecule has 1 aromatic heterocycles. The van der Waals surface area contributed by atoms with E-state index in [2.05, 4.69) is 20.6 Å². The van der Waals surface area contributed by atoms with E-state index in [0.717, 1.165) is 5.82 Å². The van der Waals surface area contributed by atoms with Gasteiger partial charge in [-0.25, -0.2) is 9.78 Å². The van der Waals surface area contributed by atoms with Crippen LogP contribution in [0, 0.1) is 11.3 Å². The van der Waals surface area contributed by atoms with Crippen molar-refractivity contribution >= 4 is 11.7 Å². The number of nitrogens with zero attached hydrogens (tertiary/aromatic N) is 2. The van der Waals surface area contributed by atoms with Gasteiger partial charge in [-0.1, -0.05) is 6.07 Å². The summed E-state index contributed by atoms with van der Waals surface area (Å²) in [5.41, 5.74) is 1.10. The number of H-pyrrole nitrogens is 1. The van der Waals surface area contributed by atoms with Gasteiger partial charge < -0.3 is 15.6 Å². The second-order valence-corrected chi connectivity index (χ2v) is 3.86. The molecule has 0 unspecified atom stereocenters. The minimum Gasteiger partial charge on any atom is -0.349 e. The Morgan fingerprint density at radius 1 is 1.47 bits per heavy atom. The van der Waals surface area contributed by atoms with Gasteiger partial charge in [0.05, 0.1) is 11.6 Å². The molecule has 1 aromatic carbocycles. The highest BCUT2D eigenvalue weighted by Gasteiger charge is 2.02. The van der Waals surface area contributed by atoms with Gasteiger partial charge in [0.1, 0.15) is 5.82 Å². The number of anilines is 1. The van der Waals surface area contributed by atoms with Crippen LogP contribution < -0.4 is 10.6 Å². The summed E-state index contributed by atoms with van der Waals surface area (Å²) >= 11 is 0. The fraction of sp³-hybridized carbons (Fsp3) is 0.154. The van der Waals surface area contributed by atoms with Crippen molar-refractivity contribution in [2.75, 3.05) is 11.9 Å². The molecule has 0 aliphatic rings. The Morgan fingerprint density at radius 3 is 3.11 bits per heavy atom. The number of rotatable bonds is 4. The van der Waals surface area contributed by atoms with Gasteiger partial charge in [-0.15, -0.1) is 0 Å². The van der Waals surface area contributed by atoms with Crippen molar-refractivity contribution in [1.29, 1.82) is 5.26 Å². The van der Waals surface area contributed by atoms with E-state index in [1.54, 1.807) is 36.7 Å². The highest BCUT2D eigenvalue weighted by molar-refractivity contribution is 5.89. The first-order valence-corrected chi connectivity index (χ1v) is 5.81. The number of carbonyl (C=O) groups excluding carboxylic acids is 1. The van der Waals surface area contributed by atoms with Crippen LogP contribution in [0.15, 0.2) is 36.7 Å². The Morgan fingerprint density at radius 2 is 2.37 bits per heavy atom. The zero-order chi connectivity index (χ0) is 13.5. The third-order valence-electron chi connectivity index (χ3n) is 2.45. The van der Waals surface area contributed by atoms with Crippen molar-refractivity contribution in [3.05, 3.63) is 48.0 Å². The van der Waals surface area contributed by atoms with Crippen LogP contribution in [0.5, 0.6) is 0 Å². The van der Waals surface area contributed by atoms with Crippen molar-refractivity contribution in [3.8, 4) is 6.07 Å². The molecule has 2 rings (SSSR count). The molecule has 19 heavy (non-hydrogen) atoms. The van der Waals surface area contributed by atoms with Crippen LogP contribution >= 0.6 is 0 Å². The summed E-state index contributed by atoms with van der Waals surface area (Å²) in [4.78, 5) is 18.6. The van der Waals surface area contributed by atoms with Crippen LogP contribution in [0.4, 0.5) is 10.5 Å². The molecule has 0 fully saturated rings. The molecule has 0 aliphatic carbocycles. The number of aromatic amines is 1. The second-order valence-electron chi connectivity index (χ2n) is 3.86. The number of amides is 2. The number of hydrogen-bond donors (Lipinski definition) is 3. The van der Waals surface area contributed by atoms with Gasteiger partial charge in [0.2, 0.25) is 0 Å². The summed E-state index contributed by atoms with van der Waals surface area (Å²) in [5.74, 6) is 0.826. The third kappa shape index (κ3) is 3.85. The Hall–Kier alpha value is -2.81. The lowest BCUT2D eigenvalue weighted by atomic mass is 10.2. The van der Waals surface area contributed by atoms with Crippen molar-refractivity contribution in [1.82, 2.24) is 15.3 Å². The summed E-state index contributed by atoms with van der Waals surface area (Å²) in [6.07, 6.45) is 4.05. The largest absolute Gasteiger partial charge is 0.349 e. The van der Waals surface area contributed by atoms with Crippen LogP contribution in [0.3, 0.4) is 0 Å². The predicted molar refractivity (Wildman–Crippen MR) is 70.5 cm³/mol. The van der Waals surface area contributed by atoms with Gasteiger partial charge in [-0.2, -0.15) is 5.26 Å². The van der Waals surface area contributed by atoms with Crippen LogP contribution in [0.25, 0.3) is 0 Å². The highest BCUT2D eigenvalue weighted by atomic mass is 16.2. The lowest BCUT2D eigenvalue weighted by Crippen LogP contribution is -2.30. The monoisotopic (exact) mass is 255 g/mol. The third-order valence-corrected chi connectivity index (χ3v) is 2.45. The quantitative estimate of drug-likeness (QED) is 0.775. The zero-order valence-electron chi connectivity index (χ0n) is 10.2. The Balaban J connectivity index is 1.79. The number of benzene rings is 1. The Kier molecular flexibility index (Phi) is 4.13. The van der Waals surface area contributed by atoms with Crippen molar-refractivity contribution in [3.63, 3.8) is 0 Å². The van der Waals surface area contributed by atoms with Gasteiger partial charge in [-0.3, -0.25) is 0 Å². The summed E-state index contributed by atoms with van der Waals surface area (Å²) in [6, 6.07) is 8.46. The lowest BCUT2D eigenvalue weighted by Gasteiger charge is -2.07. The van der Waals surface area contributed by atoms with E-state index >= 15 is 0 Å². The predicted octanol–water partition coefficient (Wildman–Crippen LogP) is 1.65.